The maximum Gasteiger partial charge on any atom is 0.293 e. The van der Waals surface area contributed by atoms with E-state index in [4.69, 9.17) is 67.5 Å². The molecule has 0 radical (unpaired) electrons. The van der Waals surface area contributed by atoms with Crippen molar-refractivity contribution >= 4 is 87.0 Å². The van der Waals surface area contributed by atoms with Gasteiger partial charge in [-0.05, 0) is 59.8 Å². The molecular formula is C25H16Cl5NO4S. The minimum absolute atomic E-state index is 0.0782. The Kier molecular flexibility index (Phi) is 8.99. The molecule has 0 saturated carbocycles. The first-order valence-corrected chi connectivity index (χ1v) is 13.1. The van der Waals surface area contributed by atoms with E-state index in [9.17, 15) is 9.59 Å². The van der Waals surface area contributed by atoms with Crippen molar-refractivity contribution in [2.45, 2.75) is 6.61 Å². The monoisotopic (exact) mass is 601 g/mol. The molecule has 4 rings (SSSR count). The fraction of sp³-hybridized carbons (Fsp3) is 0.120. The zero-order valence-electron chi connectivity index (χ0n) is 18.3. The number of halogens is 5. The number of benzene rings is 3. The van der Waals surface area contributed by atoms with Crippen LogP contribution in [-0.2, 0) is 11.4 Å². The van der Waals surface area contributed by atoms with Gasteiger partial charge >= 0.3 is 0 Å². The summed E-state index contributed by atoms with van der Waals surface area (Å²) < 4.78 is 11.4. The summed E-state index contributed by atoms with van der Waals surface area (Å²) in [7, 11) is 0. The summed E-state index contributed by atoms with van der Waals surface area (Å²) in [5.41, 5.74) is 1.25. The molecular weight excluding hydrogens is 588 g/mol. The van der Waals surface area contributed by atoms with Crippen LogP contribution < -0.4 is 9.47 Å². The fourth-order valence-corrected chi connectivity index (χ4v) is 5.37. The Hall–Kier alpha value is -2.06. The van der Waals surface area contributed by atoms with Gasteiger partial charge in [-0.15, -0.1) is 0 Å². The highest BCUT2D eigenvalue weighted by Gasteiger charge is 2.35. The van der Waals surface area contributed by atoms with Crippen molar-refractivity contribution in [3.63, 3.8) is 0 Å². The molecule has 0 N–H and O–H groups in total. The second-order valence-corrected chi connectivity index (χ2v) is 10.5. The van der Waals surface area contributed by atoms with Gasteiger partial charge in [0.05, 0.1) is 26.5 Å². The number of ether oxygens (including phenoxy) is 2. The van der Waals surface area contributed by atoms with Gasteiger partial charge in [0.15, 0.2) is 5.75 Å². The number of carbonyl (C=O) groups is 2. The summed E-state index contributed by atoms with van der Waals surface area (Å²) in [4.78, 5) is 26.6. The van der Waals surface area contributed by atoms with Crippen LogP contribution in [0.25, 0.3) is 6.08 Å². The lowest BCUT2D eigenvalue weighted by atomic mass is 10.2. The molecule has 5 nitrogen and oxygen atoms in total. The third kappa shape index (κ3) is 6.43. The standard InChI is InChI=1S/C25H16Cl5NO4S/c26-16-6-5-15(18(28)12-16)13-35-23-19(29)9-14(10-20(23)30)11-22-24(32)31(25(33)36-22)7-8-34-21-4-2-1-3-17(21)27/h1-6,9-12H,7-8,13H2/b22-11-. The Balaban J connectivity index is 1.42. The Morgan fingerprint density at radius 3 is 2.25 bits per heavy atom. The number of hydrogen-bond acceptors (Lipinski definition) is 5. The number of nitrogens with zero attached hydrogens (tertiary/aromatic N) is 1. The first kappa shape index (κ1) is 27.0. The highest BCUT2D eigenvalue weighted by atomic mass is 35.5. The molecule has 1 aliphatic rings. The first-order valence-electron chi connectivity index (χ1n) is 10.4. The van der Waals surface area contributed by atoms with Crippen LogP contribution in [0, 0.1) is 0 Å². The molecule has 0 aliphatic carbocycles. The molecule has 0 bridgehead atoms. The molecule has 2 amide bonds. The number of imide groups is 1. The summed E-state index contributed by atoms with van der Waals surface area (Å²) in [5.74, 6) is 0.315. The topological polar surface area (TPSA) is 55.8 Å². The average molecular weight is 604 g/mol. The van der Waals surface area contributed by atoms with Gasteiger partial charge in [0, 0.05) is 15.6 Å². The predicted molar refractivity (Wildman–Crippen MR) is 147 cm³/mol. The zero-order chi connectivity index (χ0) is 25.8. The lowest BCUT2D eigenvalue weighted by molar-refractivity contribution is -0.123. The number of rotatable bonds is 8. The molecule has 0 unspecified atom stereocenters. The maximum atomic E-state index is 12.8. The van der Waals surface area contributed by atoms with Gasteiger partial charge in [-0.2, -0.15) is 0 Å². The summed E-state index contributed by atoms with van der Waals surface area (Å²) in [6.07, 6.45) is 1.55. The molecule has 1 aliphatic heterocycles. The van der Waals surface area contributed by atoms with Crippen molar-refractivity contribution in [1.82, 2.24) is 4.90 Å². The van der Waals surface area contributed by atoms with E-state index in [0.717, 1.165) is 16.7 Å². The van der Waals surface area contributed by atoms with Crippen LogP contribution >= 0.6 is 69.8 Å². The van der Waals surface area contributed by atoms with Crippen LogP contribution in [0.15, 0.2) is 59.5 Å². The summed E-state index contributed by atoms with van der Waals surface area (Å²) in [6, 6.07) is 15.2. The van der Waals surface area contributed by atoms with E-state index in [0.29, 0.717) is 31.9 Å². The second kappa shape index (κ2) is 12.0. The SMILES string of the molecule is O=C1S/C(=C\c2cc(Cl)c(OCc3ccc(Cl)cc3Cl)c(Cl)c2)C(=O)N1CCOc1ccccc1Cl. The van der Waals surface area contributed by atoms with E-state index in [-0.39, 0.29) is 40.5 Å². The van der Waals surface area contributed by atoms with E-state index < -0.39 is 11.1 Å². The molecule has 1 heterocycles. The molecule has 11 heteroatoms. The van der Waals surface area contributed by atoms with Crippen LogP contribution in [0.1, 0.15) is 11.1 Å². The van der Waals surface area contributed by atoms with Crippen LogP contribution in [0.3, 0.4) is 0 Å². The Morgan fingerprint density at radius 1 is 0.833 bits per heavy atom. The van der Waals surface area contributed by atoms with Gasteiger partial charge in [-0.3, -0.25) is 14.5 Å². The van der Waals surface area contributed by atoms with Crippen molar-refractivity contribution in [3.8, 4) is 11.5 Å². The Morgan fingerprint density at radius 2 is 1.56 bits per heavy atom. The average Bonchev–Trinajstić information content (AvgIpc) is 3.08. The van der Waals surface area contributed by atoms with Crippen molar-refractivity contribution in [3.05, 3.63) is 95.7 Å². The van der Waals surface area contributed by atoms with Gasteiger partial charge < -0.3 is 9.47 Å². The minimum Gasteiger partial charge on any atom is -0.490 e. The lowest BCUT2D eigenvalue weighted by Crippen LogP contribution is -2.32. The van der Waals surface area contributed by atoms with Gasteiger partial charge in [0.1, 0.15) is 19.0 Å². The maximum absolute atomic E-state index is 12.8. The predicted octanol–water partition coefficient (Wildman–Crippen LogP) is 8.65. The van der Waals surface area contributed by atoms with Crippen LogP contribution in [0.4, 0.5) is 4.79 Å². The Bertz CT molecular complexity index is 1340. The van der Waals surface area contributed by atoms with Crippen LogP contribution in [-0.4, -0.2) is 29.2 Å². The molecule has 36 heavy (non-hydrogen) atoms. The molecule has 0 atom stereocenters. The smallest absolute Gasteiger partial charge is 0.293 e. The van der Waals surface area contributed by atoms with E-state index in [1.165, 1.54) is 0 Å². The van der Waals surface area contributed by atoms with Crippen molar-refractivity contribution < 1.29 is 19.1 Å². The van der Waals surface area contributed by atoms with Gasteiger partial charge in [0.2, 0.25) is 0 Å². The first-order chi connectivity index (χ1) is 17.2. The third-order valence-corrected chi connectivity index (χ3v) is 7.36. The summed E-state index contributed by atoms with van der Waals surface area (Å²) in [5, 5.41) is 1.51. The molecule has 0 aromatic heterocycles. The van der Waals surface area contributed by atoms with E-state index in [1.807, 2.05) is 0 Å². The Labute approximate surface area is 236 Å². The summed E-state index contributed by atoms with van der Waals surface area (Å²) >= 11 is 31.8. The number of thioether (sulfide) groups is 1. The highest BCUT2D eigenvalue weighted by Crippen LogP contribution is 2.38. The number of amides is 2. The van der Waals surface area contributed by atoms with Crippen molar-refractivity contribution in [2.75, 3.05) is 13.2 Å². The van der Waals surface area contributed by atoms with E-state index in [1.54, 1.807) is 60.7 Å². The molecule has 0 spiro atoms. The zero-order valence-corrected chi connectivity index (χ0v) is 22.9. The van der Waals surface area contributed by atoms with Crippen LogP contribution in [0.5, 0.6) is 11.5 Å². The third-order valence-electron chi connectivity index (χ3n) is 4.99. The van der Waals surface area contributed by atoms with Crippen LogP contribution in [0.2, 0.25) is 25.1 Å². The highest BCUT2D eigenvalue weighted by molar-refractivity contribution is 8.18. The van der Waals surface area contributed by atoms with E-state index in [2.05, 4.69) is 0 Å². The number of hydrogen-bond donors (Lipinski definition) is 0. The van der Waals surface area contributed by atoms with Gasteiger partial charge in [0.25, 0.3) is 11.1 Å². The normalized spacial score (nSPS) is 14.6. The molecule has 186 valence electrons. The van der Waals surface area contributed by atoms with Crippen molar-refractivity contribution in [1.29, 1.82) is 0 Å². The largest absolute Gasteiger partial charge is 0.490 e. The van der Waals surface area contributed by atoms with Crippen molar-refractivity contribution in [2.24, 2.45) is 0 Å². The fourth-order valence-electron chi connectivity index (χ4n) is 3.24. The molecule has 3 aromatic carbocycles. The van der Waals surface area contributed by atoms with Gasteiger partial charge in [-0.25, -0.2) is 0 Å². The summed E-state index contributed by atoms with van der Waals surface area (Å²) in [6.45, 7) is 0.315. The molecule has 3 aromatic rings. The minimum atomic E-state index is -0.433. The number of para-hydroxylation sites is 1. The number of carbonyl (C=O) groups excluding carboxylic acids is 2. The quantitative estimate of drug-likeness (QED) is 0.241. The second-order valence-electron chi connectivity index (χ2n) is 7.45. The van der Waals surface area contributed by atoms with E-state index >= 15 is 0 Å². The molecule has 1 fully saturated rings. The lowest BCUT2D eigenvalue weighted by Gasteiger charge is -2.14. The molecule has 1 saturated heterocycles. The van der Waals surface area contributed by atoms with Gasteiger partial charge in [-0.1, -0.05) is 76.2 Å².